The third-order valence-corrected chi connectivity index (χ3v) is 6.88. The van der Waals surface area contributed by atoms with Crippen LogP contribution in [-0.4, -0.2) is 4.57 Å². The van der Waals surface area contributed by atoms with Gasteiger partial charge in [0, 0.05) is 16.2 Å². The van der Waals surface area contributed by atoms with Gasteiger partial charge in [-0.2, -0.15) is 0 Å². The van der Waals surface area contributed by atoms with Crippen molar-refractivity contribution in [3.63, 3.8) is 0 Å². The minimum Gasteiger partial charge on any atom is -0.455 e. The zero-order valence-corrected chi connectivity index (χ0v) is 18.1. The van der Waals surface area contributed by atoms with Crippen molar-refractivity contribution in [1.29, 1.82) is 0 Å². The van der Waals surface area contributed by atoms with Gasteiger partial charge in [-0.3, -0.25) is 0 Å². The quantitative estimate of drug-likeness (QED) is 0.239. The number of benzene rings is 5. The normalized spacial score (nSPS) is 12.0. The standard InChI is InChI=1S/C28H16BrNO/c29-21-14-16-24(27-20-10-4-6-12-25(20)31-28(21)27)30-22-11-5-3-9-19(22)26-18-8-2-1-7-17(18)13-15-23(26)30/h1-16H. The second-order valence-electron chi connectivity index (χ2n) is 7.90. The van der Waals surface area contributed by atoms with Crippen molar-refractivity contribution in [2.75, 3.05) is 0 Å². The Labute approximate surface area is 186 Å². The Bertz CT molecular complexity index is 1810. The lowest BCUT2D eigenvalue weighted by Gasteiger charge is -2.10. The summed E-state index contributed by atoms with van der Waals surface area (Å²) in [6.45, 7) is 0. The Morgan fingerprint density at radius 2 is 1.32 bits per heavy atom. The summed E-state index contributed by atoms with van der Waals surface area (Å²) in [4.78, 5) is 0. The minimum atomic E-state index is 0.880. The first kappa shape index (κ1) is 17.2. The summed E-state index contributed by atoms with van der Waals surface area (Å²) in [6.07, 6.45) is 0. The van der Waals surface area contributed by atoms with Crippen LogP contribution in [0, 0.1) is 0 Å². The van der Waals surface area contributed by atoms with Crippen LogP contribution in [0.25, 0.3) is 60.2 Å². The third-order valence-electron chi connectivity index (χ3n) is 6.26. The number of nitrogens with zero attached hydrogens (tertiary/aromatic N) is 1. The monoisotopic (exact) mass is 461 g/mol. The van der Waals surface area contributed by atoms with E-state index in [-0.39, 0.29) is 0 Å². The van der Waals surface area contributed by atoms with Crippen molar-refractivity contribution in [2.45, 2.75) is 0 Å². The molecular formula is C28H16BrNO. The van der Waals surface area contributed by atoms with Gasteiger partial charge < -0.3 is 8.98 Å². The summed E-state index contributed by atoms with van der Waals surface area (Å²) in [6, 6.07) is 34.3. The maximum atomic E-state index is 6.26. The zero-order valence-electron chi connectivity index (χ0n) is 16.5. The first-order valence-electron chi connectivity index (χ1n) is 10.3. The third kappa shape index (κ3) is 2.27. The molecular weight excluding hydrogens is 446 g/mol. The average Bonchev–Trinajstić information content (AvgIpc) is 3.37. The molecule has 0 aliphatic rings. The summed E-state index contributed by atoms with van der Waals surface area (Å²) >= 11 is 3.70. The van der Waals surface area contributed by atoms with Crippen LogP contribution >= 0.6 is 15.9 Å². The molecule has 0 bridgehead atoms. The van der Waals surface area contributed by atoms with Gasteiger partial charge in [-0.15, -0.1) is 0 Å². The molecule has 7 rings (SSSR count). The highest BCUT2D eigenvalue weighted by Crippen LogP contribution is 2.42. The summed E-state index contributed by atoms with van der Waals surface area (Å²) in [5.41, 5.74) is 5.31. The number of hydrogen-bond acceptors (Lipinski definition) is 1. The van der Waals surface area contributed by atoms with Crippen LogP contribution in [0.5, 0.6) is 0 Å². The highest BCUT2D eigenvalue weighted by Gasteiger charge is 2.19. The predicted molar refractivity (Wildman–Crippen MR) is 133 cm³/mol. The average molecular weight is 462 g/mol. The van der Waals surface area contributed by atoms with E-state index < -0.39 is 0 Å². The molecule has 0 aliphatic heterocycles. The number of furan rings is 1. The second kappa shape index (κ2) is 6.22. The molecule has 7 aromatic rings. The Morgan fingerprint density at radius 3 is 2.23 bits per heavy atom. The molecule has 2 aromatic heterocycles. The van der Waals surface area contributed by atoms with Crippen molar-refractivity contribution in [3.8, 4) is 5.69 Å². The fraction of sp³-hybridized carbons (Fsp3) is 0. The Kier molecular flexibility index (Phi) is 3.44. The summed E-state index contributed by atoms with van der Waals surface area (Å²) in [7, 11) is 0. The molecule has 0 atom stereocenters. The van der Waals surface area contributed by atoms with E-state index in [2.05, 4.69) is 105 Å². The first-order valence-corrected chi connectivity index (χ1v) is 11.1. The molecule has 0 saturated heterocycles. The van der Waals surface area contributed by atoms with Crippen LogP contribution in [0.15, 0.2) is 106 Å². The van der Waals surface area contributed by atoms with Gasteiger partial charge in [0.25, 0.3) is 0 Å². The molecule has 0 aliphatic carbocycles. The molecule has 0 saturated carbocycles. The van der Waals surface area contributed by atoms with Crippen molar-refractivity contribution >= 4 is 70.4 Å². The summed E-state index contributed by atoms with van der Waals surface area (Å²) in [5.74, 6) is 0. The first-order chi connectivity index (χ1) is 15.3. The molecule has 3 heteroatoms. The molecule has 31 heavy (non-hydrogen) atoms. The number of para-hydroxylation sites is 2. The van der Waals surface area contributed by atoms with Gasteiger partial charge in [-0.1, -0.05) is 66.7 Å². The van der Waals surface area contributed by atoms with Crippen molar-refractivity contribution in [1.82, 2.24) is 4.57 Å². The molecule has 0 N–H and O–H groups in total. The fourth-order valence-corrected chi connectivity index (χ4v) is 5.38. The van der Waals surface area contributed by atoms with E-state index in [4.69, 9.17) is 4.42 Å². The number of fused-ring (bicyclic) bond motifs is 8. The largest absolute Gasteiger partial charge is 0.455 e. The van der Waals surface area contributed by atoms with E-state index in [9.17, 15) is 0 Å². The highest BCUT2D eigenvalue weighted by atomic mass is 79.9. The maximum absolute atomic E-state index is 6.26. The molecule has 0 amide bonds. The van der Waals surface area contributed by atoms with Crippen molar-refractivity contribution in [2.24, 2.45) is 0 Å². The van der Waals surface area contributed by atoms with Gasteiger partial charge in [0.05, 0.1) is 26.6 Å². The zero-order chi connectivity index (χ0) is 20.5. The number of aromatic nitrogens is 1. The van der Waals surface area contributed by atoms with Gasteiger partial charge in [-0.05, 0) is 57.0 Å². The van der Waals surface area contributed by atoms with E-state index in [0.29, 0.717) is 0 Å². The van der Waals surface area contributed by atoms with E-state index in [1.54, 1.807) is 0 Å². The maximum Gasteiger partial charge on any atom is 0.151 e. The van der Waals surface area contributed by atoms with Crippen LogP contribution in [-0.2, 0) is 0 Å². The Hall–Kier alpha value is -3.56. The van der Waals surface area contributed by atoms with Crippen molar-refractivity contribution < 1.29 is 4.42 Å². The number of hydrogen-bond donors (Lipinski definition) is 0. The Balaban J connectivity index is 1.75. The fourth-order valence-electron chi connectivity index (χ4n) is 4.96. The molecule has 146 valence electrons. The summed E-state index contributed by atoms with van der Waals surface area (Å²) < 4.78 is 9.61. The van der Waals surface area contributed by atoms with Gasteiger partial charge in [0.2, 0.25) is 0 Å². The highest BCUT2D eigenvalue weighted by molar-refractivity contribution is 9.10. The molecule has 0 unspecified atom stereocenters. The lowest BCUT2D eigenvalue weighted by molar-refractivity contribution is 0.666. The van der Waals surface area contributed by atoms with Gasteiger partial charge in [-0.25, -0.2) is 0 Å². The number of halogens is 1. The summed E-state index contributed by atoms with van der Waals surface area (Å²) in [5, 5.41) is 7.34. The van der Waals surface area contributed by atoms with Crippen LogP contribution in [0.1, 0.15) is 0 Å². The molecule has 0 fully saturated rings. The molecule has 5 aromatic carbocycles. The number of rotatable bonds is 1. The van der Waals surface area contributed by atoms with Gasteiger partial charge in [0.1, 0.15) is 5.58 Å². The molecule has 2 nitrogen and oxygen atoms in total. The van der Waals surface area contributed by atoms with Crippen LogP contribution in [0.2, 0.25) is 0 Å². The SMILES string of the molecule is Brc1ccc(-n2c3ccccc3c3c4ccccc4ccc32)c2c1oc1ccccc12. The molecule has 0 spiro atoms. The van der Waals surface area contributed by atoms with E-state index in [1.165, 1.54) is 32.6 Å². The van der Waals surface area contributed by atoms with Gasteiger partial charge in [0.15, 0.2) is 5.58 Å². The van der Waals surface area contributed by atoms with Crippen molar-refractivity contribution in [3.05, 3.63) is 102 Å². The van der Waals surface area contributed by atoms with Crippen LogP contribution in [0.3, 0.4) is 0 Å². The van der Waals surface area contributed by atoms with E-state index >= 15 is 0 Å². The van der Waals surface area contributed by atoms with Crippen LogP contribution in [0.4, 0.5) is 0 Å². The Morgan fingerprint density at radius 1 is 0.581 bits per heavy atom. The lowest BCUT2D eigenvalue weighted by atomic mass is 10.0. The van der Waals surface area contributed by atoms with E-state index in [0.717, 1.165) is 32.1 Å². The van der Waals surface area contributed by atoms with E-state index in [1.807, 2.05) is 12.1 Å². The minimum absolute atomic E-state index is 0.880. The molecule has 0 radical (unpaired) electrons. The van der Waals surface area contributed by atoms with Crippen LogP contribution < -0.4 is 0 Å². The van der Waals surface area contributed by atoms with Gasteiger partial charge >= 0.3 is 0 Å². The second-order valence-corrected chi connectivity index (χ2v) is 8.76. The molecule has 2 heterocycles. The lowest BCUT2D eigenvalue weighted by Crippen LogP contribution is -1.95. The topological polar surface area (TPSA) is 18.1 Å². The predicted octanol–water partition coefficient (Wildman–Crippen LogP) is 8.60. The smallest absolute Gasteiger partial charge is 0.151 e.